The first-order chi connectivity index (χ1) is 7.35. The maximum atomic E-state index is 12.8. The molecule has 0 saturated carbocycles. The minimum absolute atomic E-state index is 0. The minimum atomic E-state index is -2.85. The average molecular weight is 272 g/mol. The molecule has 0 bridgehead atoms. The zero-order valence-corrected chi connectivity index (χ0v) is 10.4. The first kappa shape index (κ1) is 16.1. The van der Waals surface area contributed by atoms with Crippen LogP contribution >= 0.6 is 12.4 Å². The monoisotopic (exact) mass is 271 g/mol. The first-order valence-corrected chi connectivity index (χ1v) is 4.99. The van der Waals surface area contributed by atoms with Crippen LogP contribution in [0.15, 0.2) is 0 Å². The number of carbonyl (C=O) groups excluding carboxylic acids is 2. The lowest BCUT2D eigenvalue weighted by molar-refractivity contribution is -0.129. The number of carbonyl (C=O) groups is 2. The molecule has 1 fully saturated rings. The molecule has 1 saturated heterocycles. The molecular formula is C9H16ClF2N3O2. The van der Waals surface area contributed by atoms with E-state index in [1.54, 1.807) is 0 Å². The van der Waals surface area contributed by atoms with Crippen molar-refractivity contribution < 1.29 is 18.4 Å². The molecule has 1 aliphatic heterocycles. The topological polar surface area (TPSA) is 70.2 Å². The second-order valence-electron chi connectivity index (χ2n) is 3.84. The van der Waals surface area contributed by atoms with Crippen molar-refractivity contribution in [1.82, 2.24) is 16.0 Å². The van der Waals surface area contributed by atoms with Gasteiger partial charge in [-0.2, -0.15) is 0 Å². The molecule has 1 aliphatic rings. The third-order valence-corrected chi connectivity index (χ3v) is 2.42. The van der Waals surface area contributed by atoms with E-state index in [4.69, 9.17) is 0 Å². The van der Waals surface area contributed by atoms with Gasteiger partial charge in [0.2, 0.25) is 11.8 Å². The Hall–Kier alpha value is -0.950. The fourth-order valence-corrected chi connectivity index (χ4v) is 1.50. The Balaban J connectivity index is 0.00000256. The fraction of sp³-hybridized carbons (Fsp3) is 0.778. The van der Waals surface area contributed by atoms with E-state index < -0.39 is 36.9 Å². The highest BCUT2D eigenvalue weighted by Crippen LogP contribution is 2.24. The second kappa shape index (κ2) is 6.11. The lowest BCUT2D eigenvalue weighted by Crippen LogP contribution is -2.49. The summed E-state index contributed by atoms with van der Waals surface area (Å²) in [4.78, 5) is 22.6. The Bertz CT molecular complexity index is 302. The number of amides is 2. The summed E-state index contributed by atoms with van der Waals surface area (Å²) in [6.07, 6.45) is -0.528. The smallest absolute Gasteiger partial charge is 0.262 e. The molecule has 0 aromatic heterocycles. The van der Waals surface area contributed by atoms with Crippen LogP contribution in [-0.2, 0) is 9.59 Å². The molecular weight excluding hydrogens is 256 g/mol. The maximum Gasteiger partial charge on any atom is 0.262 e. The van der Waals surface area contributed by atoms with E-state index in [9.17, 15) is 18.4 Å². The molecule has 3 N–H and O–H groups in total. The number of hydrogen-bond acceptors (Lipinski definition) is 3. The molecule has 1 rings (SSSR count). The summed E-state index contributed by atoms with van der Waals surface area (Å²) in [5, 5.41) is 7.13. The third kappa shape index (κ3) is 4.43. The summed E-state index contributed by atoms with van der Waals surface area (Å²) < 4.78 is 25.6. The molecule has 0 spiro atoms. The second-order valence-corrected chi connectivity index (χ2v) is 3.84. The van der Waals surface area contributed by atoms with Crippen molar-refractivity contribution in [3.05, 3.63) is 0 Å². The van der Waals surface area contributed by atoms with Crippen molar-refractivity contribution >= 4 is 24.2 Å². The van der Waals surface area contributed by atoms with Crippen LogP contribution in [0.1, 0.15) is 13.3 Å². The normalized spacial score (nSPS) is 23.4. The Morgan fingerprint density at radius 1 is 1.47 bits per heavy atom. The summed E-state index contributed by atoms with van der Waals surface area (Å²) >= 11 is 0. The van der Waals surface area contributed by atoms with Crippen molar-refractivity contribution in [3.63, 3.8) is 0 Å². The van der Waals surface area contributed by atoms with E-state index >= 15 is 0 Å². The van der Waals surface area contributed by atoms with Crippen LogP contribution in [0.4, 0.5) is 8.78 Å². The van der Waals surface area contributed by atoms with Crippen LogP contribution in [0, 0.1) is 0 Å². The van der Waals surface area contributed by atoms with Crippen LogP contribution in [-0.4, -0.2) is 43.4 Å². The van der Waals surface area contributed by atoms with Crippen LogP contribution < -0.4 is 16.0 Å². The molecule has 1 unspecified atom stereocenters. The minimum Gasteiger partial charge on any atom is -0.357 e. The molecule has 0 aromatic carbocycles. The number of nitrogens with one attached hydrogen (secondary N) is 3. The SMILES string of the molecule is CNC(=O)[C@@H](C)NC(=O)C1CC(F)(F)CN1.Cl. The highest BCUT2D eigenvalue weighted by Gasteiger charge is 2.42. The van der Waals surface area contributed by atoms with E-state index in [2.05, 4.69) is 16.0 Å². The lowest BCUT2D eigenvalue weighted by Gasteiger charge is -2.15. The van der Waals surface area contributed by atoms with Gasteiger partial charge in [0, 0.05) is 13.5 Å². The van der Waals surface area contributed by atoms with Crippen LogP contribution in [0.3, 0.4) is 0 Å². The largest absolute Gasteiger partial charge is 0.357 e. The lowest BCUT2D eigenvalue weighted by atomic mass is 10.1. The highest BCUT2D eigenvalue weighted by molar-refractivity contribution is 5.89. The van der Waals surface area contributed by atoms with Gasteiger partial charge in [0.1, 0.15) is 6.04 Å². The molecule has 5 nitrogen and oxygen atoms in total. The molecule has 0 aliphatic carbocycles. The van der Waals surface area contributed by atoms with Crippen molar-refractivity contribution in [2.24, 2.45) is 0 Å². The molecule has 100 valence electrons. The third-order valence-electron chi connectivity index (χ3n) is 2.42. The Kier molecular flexibility index (Phi) is 5.77. The van der Waals surface area contributed by atoms with E-state index in [-0.39, 0.29) is 18.3 Å². The zero-order chi connectivity index (χ0) is 12.3. The standard InChI is InChI=1S/C9H15F2N3O2.ClH/c1-5(7(15)12-2)14-8(16)6-3-9(10,11)4-13-6;/h5-6,13H,3-4H2,1-2H3,(H,12,15)(H,14,16);1H/t5-,6?;/m1./s1. The summed E-state index contributed by atoms with van der Waals surface area (Å²) in [6, 6.07) is -1.66. The molecule has 0 aromatic rings. The summed E-state index contributed by atoms with van der Waals surface area (Å²) in [7, 11) is 1.44. The van der Waals surface area contributed by atoms with E-state index in [0.29, 0.717) is 0 Å². The van der Waals surface area contributed by atoms with Gasteiger partial charge < -0.3 is 10.6 Å². The van der Waals surface area contributed by atoms with Gasteiger partial charge in [0.15, 0.2) is 0 Å². The van der Waals surface area contributed by atoms with Gasteiger partial charge in [-0.3, -0.25) is 14.9 Å². The first-order valence-electron chi connectivity index (χ1n) is 4.99. The number of likely N-dealkylation sites (N-methyl/N-ethyl adjacent to an activating group) is 1. The highest BCUT2D eigenvalue weighted by atomic mass is 35.5. The molecule has 2 amide bonds. The molecule has 0 radical (unpaired) electrons. The van der Waals surface area contributed by atoms with Gasteiger partial charge >= 0.3 is 0 Å². The van der Waals surface area contributed by atoms with Gasteiger partial charge in [0.05, 0.1) is 12.6 Å². The quantitative estimate of drug-likeness (QED) is 0.658. The average Bonchev–Trinajstić information content (AvgIpc) is 2.57. The van der Waals surface area contributed by atoms with E-state index in [0.717, 1.165) is 0 Å². The summed E-state index contributed by atoms with van der Waals surface area (Å²) in [5.74, 6) is -3.79. The number of halogens is 3. The zero-order valence-electron chi connectivity index (χ0n) is 9.55. The number of alkyl halides is 2. The maximum absolute atomic E-state index is 12.8. The number of hydrogen-bond donors (Lipinski definition) is 3. The molecule has 17 heavy (non-hydrogen) atoms. The van der Waals surface area contributed by atoms with Gasteiger partial charge in [-0.1, -0.05) is 0 Å². The predicted molar refractivity (Wildman–Crippen MR) is 60.3 cm³/mol. The van der Waals surface area contributed by atoms with E-state index in [1.165, 1.54) is 14.0 Å². The Morgan fingerprint density at radius 3 is 2.47 bits per heavy atom. The van der Waals surface area contributed by atoms with Crippen molar-refractivity contribution in [1.29, 1.82) is 0 Å². The van der Waals surface area contributed by atoms with Gasteiger partial charge in [-0.25, -0.2) is 8.78 Å². The fourth-order valence-electron chi connectivity index (χ4n) is 1.50. The molecule has 8 heteroatoms. The van der Waals surface area contributed by atoms with Crippen LogP contribution in [0.25, 0.3) is 0 Å². The molecule has 2 atom stereocenters. The predicted octanol–water partition coefficient (Wildman–Crippen LogP) is -0.344. The van der Waals surface area contributed by atoms with Gasteiger partial charge in [-0.05, 0) is 6.92 Å². The van der Waals surface area contributed by atoms with Gasteiger partial charge in [-0.15, -0.1) is 12.4 Å². The molecule has 1 heterocycles. The van der Waals surface area contributed by atoms with E-state index in [1.807, 2.05) is 0 Å². The summed E-state index contributed by atoms with van der Waals surface area (Å²) in [5.41, 5.74) is 0. The van der Waals surface area contributed by atoms with Crippen molar-refractivity contribution in [2.45, 2.75) is 31.4 Å². The van der Waals surface area contributed by atoms with Crippen LogP contribution in [0.5, 0.6) is 0 Å². The van der Waals surface area contributed by atoms with Crippen LogP contribution in [0.2, 0.25) is 0 Å². The van der Waals surface area contributed by atoms with Gasteiger partial charge in [0.25, 0.3) is 5.92 Å². The summed E-state index contributed by atoms with van der Waals surface area (Å²) in [6.45, 7) is 0.989. The van der Waals surface area contributed by atoms with Crippen molar-refractivity contribution in [3.8, 4) is 0 Å². The Labute approximate surface area is 104 Å². The Morgan fingerprint density at radius 2 is 2.06 bits per heavy atom. The number of rotatable bonds is 3. The van der Waals surface area contributed by atoms with Crippen molar-refractivity contribution in [2.75, 3.05) is 13.6 Å².